The Morgan fingerprint density at radius 3 is 2.50 bits per heavy atom. The summed E-state index contributed by atoms with van der Waals surface area (Å²) in [4.78, 5) is 12.0. The number of methoxy groups -OCH3 is 1. The van der Waals surface area contributed by atoms with Gasteiger partial charge in [0.05, 0.1) is 7.11 Å². The van der Waals surface area contributed by atoms with Gasteiger partial charge in [0.2, 0.25) is 5.69 Å². The Hall–Kier alpha value is -2.11. The number of quaternary nitrogens is 1. The summed E-state index contributed by atoms with van der Waals surface area (Å²) in [5.41, 5.74) is 4.83. The van der Waals surface area contributed by atoms with E-state index in [1.54, 1.807) is 7.11 Å². The van der Waals surface area contributed by atoms with E-state index in [1.807, 2.05) is 19.1 Å². The van der Waals surface area contributed by atoms with Crippen LogP contribution in [-0.2, 0) is 6.42 Å². The third-order valence-electron chi connectivity index (χ3n) is 5.00. The Morgan fingerprint density at radius 1 is 1.08 bits per heavy atom. The van der Waals surface area contributed by atoms with E-state index in [0.717, 1.165) is 42.6 Å². The van der Waals surface area contributed by atoms with E-state index < -0.39 is 0 Å². The third kappa shape index (κ3) is 3.69. The lowest BCUT2D eigenvalue weighted by atomic mass is 10.0. The minimum Gasteiger partial charge on any atom is -1.00 e. The van der Waals surface area contributed by atoms with Crippen LogP contribution in [0.15, 0.2) is 30.5 Å². The molecule has 0 spiro atoms. The van der Waals surface area contributed by atoms with Crippen molar-refractivity contribution >= 4 is 17.1 Å². The fraction of sp³-hybridized carbons (Fsp3) is 0.400. The first-order valence-corrected chi connectivity index (χ1v) is 9.05. The lowest BCUT2D eigenvalue weighted by Crippen LogP contribution is -3.00. The number of halogens is 1. The average molecular weight is 373 g/mol. The Kier molecular flexibility index (Phi) is 5.79. The lowest BCUT2D eigenvalue weighted by molar-refractivity contribution is -0.491. The highest BCUT2D eigenvalue weighted by atomic mass is 35.5. The van der Waals surface area contributed by atoms with Gasteiger partial charge in [0.25, 0.3) is 0 Å². The molecule has 0 radical (unpaired) electrons. The molecule has 0 atom stereocenters. The van der Waals surface area contributed by atoms with Crippen molar-refractivity contribution in [3.63, 3.8) is 0 Å². The van der Waals surface area contributed by atoms with E-state index >= 15 is 0 Å². The molecule has 1 saturated heterocycles. The van der Waals surface area contributed by atoms with Gasteiger partial charge in [-0.2, -0.15) is 0 Å². The first-order chi connectivity index (χ1) is 12.2. The number of anilines is 1. The van der Waals surface area contributed by atoms with Crippen LogP contribution in [-0.4, -0.2) is 30.2 Å². The highest BCUT2D eigenvalue weighted by molar-refractivity contribution is 5.79. The number of aryl methyl sites for hydroxylation is 1. The van der Waals surface area contributed by atoms with Crippen LogP contribution < -0.4 is 27.4 Å². The van der Waals surface area contributed by atoms with Gasteiger partial charge in [0.15, 0.2) is 5.82 Å². The Bertz CT molecular complexity index is 798. The van der Waals surface area contributed by atoms with Gasteiger partial charge in [0.1, 0.15) is 23.5 Å². The number of ether oxygens (including phenoxy) is 1. The maximum atomic E-state index is 5.25. The quantitative estimate of drug-likeness (QED) is 0.792. The summed E-state index contributed by atoms with van der Waals surface area (Å²) < 4.78 is 5.25. The van der Waals surface area contributed by atoms with Gasteiger partial charge >= 0.3 is 0 Å². The number of nitrogens with two attached hydrogens (primary N) is 1. The first-order valence-electron chi connectivity index (χ1n) is 9.05. The molecule has 0 bridgehead atoms. The maximum absolute atomic E-state index is 5.25. The zero-order valence-corrected chi connectivity index (χ0v) is 16.1. The molecule has 3 heterocycles. The minimum absolute atomic E-state index is 0. The van der Waals surface area contributed by atoms with Crippen molar-refractivity contribution in [2.75, 3.05) is 25.1 Å². The number of rotatable bonds is 4. The molecule has 1 aromatic heterocycles. The molecule has 2 aromatic rings. The Labute approximate surface area is 160 Å². The average Bonchev–Trinajstić information content (AvgIpc) is 3.05. The number of hydrogen-bond donors (Lipinski definition) is 1. The number of nitrogens with zero attached hydrogens (tertiary/aromatic N) is 3. The number of fused-ring (bicyclic) bond motifs is 1. The van der Waals surface area contributed by atoms with Gasteiger partial charge in [-0.3, -0.25) is 5.32 Å². The van der Waals surface area contributed by atoms with Crippen LogP contribution in [0.25, 0.3) is 5.57 Å². The zero-order chi connectivity index (χ0) is 17.2. The fourth-order valence-corrected chi connectivity index (χ4v) is 3.68. The number of allylic oxidation sites excluding steroid dienone is 1. The second kappa shape index (κ2) is 8.06. The summed E-state index contributed by atoms with van der Waals surface area (Å²) in [5, 5.41) is 2.19. The van der Waals surface area contributed by atoms with E-state index in [1.165, 1.54) is 36.1 Å². The van der Waals surface area contributed by atoms with Gasteiger partial charge in [-0.15, -0.1) is 0 Å². The Balaban J connectivity index is 0.00000196. The van der Waals surface area contributed by atoms with Crippen LogP contribution in [0.2, 0.25) is 0 Å². The summed E-state index contributed by atoms with van der Waals surface area (Å²) >= 11 is 0. The minimum atomic E-state index is 0. The van der Waals surface area contributed by atoms with Gasteiger partial charge in [-0.25, -0.2) is 9.97 Å². The molecule has 0 saturated carbocycles. The number of benzene rings is 1. The van der Waals surface area contributed by atoms with E-state index in [9.17, 15) is 0 Å². The second-order valence-electron chi connectivity index (χ2n) is 6.79. The van der Waals surface area contributed by atoms with E-state index in [4.69, 9.17) is 14.7 Å². The molecule has 0 aliphatic carbocycles. The van der Waals surface area contributed by atoms with Crippen molar-refractivity contribution in [2.45, 2.75) is 32.6 Å². The number of hydrogen-bond acceptors (Lipinski definition) is 4. The van der Waals surface area contributed by atoms with E-state index in [2.05, 4.69) is 28.5 Å². The molecule has 1 fully saturated rings. The maximum Gasteiger partial charge on any atom is 0.203 e. The summed E-state index contributed by atoms with van der Waals surface area (Å²) in [5.74, 6) is 2.86. The highest BCUT2D eigenvalue weighted by Crippen LogP contribution is 2.33. The molecule has 5 nitrogen and oxygen atoms in total. The summed E-state index contributed by atoms with van der Waals surface area (Å²) in [6.07, 6.45) is 6.92. The van der Waals surface area contributed by atoms with Crippen molar-refractivity contribution in [2.24, 2.45) is 0 Å². The largest absolute Gasteiger partial charge is 1.00 e. The molecule has 26 heavy (non-hydrogen) atoms. The summed E-state index contributed by atoms with van der Waals surface area (Å²) in [6.45, 7) is 4.20. The van der Waals surface area contributed by atoms with E-state index in [-0.39, 0.29) is 12.4 Å². The molecule has 1 aromatic carbocycles. The molecule has 2 aliphatic heterocycles. The van der Waals surface area contributed by atoms with Crippen molar-refractivity contribution < 1.29 is 22.5 Å². The van der Waals surface area contributed by atoms with Crippen molar-refractivity contribution in [1.82, 2.24) is 9.97 Å². The normalized spacial score (nSPS) is 15.9. The summed E-state index contributed by atoms with van der Waals surface area (Å²) in [6, 6.07) is 8.27. The number of piperidine rings is 1. The smallest absolute Gasteiger partial charge is 0.203 e. The SMILES string of the molecule is COc1ccc(CC2=C[NH2+]c3c2nc(C)nc3N2CCCCC2)cc1.[Cl-]. The molecular weight excluding hydrogens is 348 g/mol. The van der Waals surface area contributed by atoms with Crippen molar-refractivity contribution in [1.29, 1.82) is 0 Å². The monoisotopic (exact) mass is 372 g/mol. The molecule has 2 aliphatic rings. The molecule has 138 valence electrons. The fourth-order valence-electron chi connectivity index (χ4n) is 3.68. The molecule has 6 heteroatoms. The molecule has 2 N–H and O–H groups in total. The van der Waals surface area contributed by atoms with Gasteiger partial charge in [0, 0.05) is 25.1 Å². The van der Waals surface area contributed by atoms with Crippen LogP contribution in [0.5, 0.6) is 5.75 Å². The number of aromatic nitrogens is 2. The predicted octanol–water partition coefficient (Wildman–Crippen LogP) is -0.420. The predicted molar refractivity (Wildman–Crippen MR) is 99.1 cm³/mol. The first kappa shape index (κ1) is 18.7. The van der Waals surface area contributed by atoms with Crippen LogP contribution in [0.1, 0.15) is 36.3 Å². The topological polar surface area (TPSA) is 54.9 Å². The van der Waals surface area contributed by atoms with Crippen molar-refractivity contribution in [3.05, 3.63) is 47.5 Å². The van der Waals surface area contributed by atoms with Crippen LogP contribution in [0, 0.1) is 6.92 Å². The van der Waals surface area contributed by atoms with Gasteiger partial charge in [-0.05, 0) is 43.9 Å². The van der Waals surface area contributed by atoms with Crippen LogP contribution in [0.4, 0.5) is 11.5 Å². The summed E-state index contributed by atoms with van der Waals surface area (Å²) in [7, 11) is 1.70. The highest BCUT2D eigenvalue weighted by Gasteiger charge is 2.29. The molecular formula is C20H25ClN4O. The molecule has 0 unspecified atom stereocenters. The Morgan fingerprint density at radius 2 is 1.81 bits per heavy atom. The zero-order valence-electron chi connectivity index (χ0n) is 15.3. The van der Waals surface area contributed by atoms with Gasteiger partial charge in [-0.1, -0.05) is 12.1 Å². The van der Waals surface area contributed by atoms with E-state index in [0.29, 0.717) is 0 Å². The third-order valence-corrected chi connectivity index (χ3v) is 5.00. The lowest BCUT2D eigenvalue weighted by Gasteiger charge is -2.28. The molecule has 4 rings (SSSR count). The molecule has 0 amide bonds. The van der Waals surface area contributed by atoms with Crippen LogP contribution in [0.3, 0.4) is 0 Å². The second-order valence-corrected chi connectivity index (χ2v) is 6.79. The van der Waals surface area contributed by atoms with Crippen LogP contribution >= 0.6 is 0 Å². The standard InChI is InChI=1S/C20H24N4O.ClH/c1-14-22-18-16(12-15-6-8-17(25-2)9-7-15)13-21-19(18)20(23-14)24-10-4-3-5-11-24;/h6-9,13,21H,3-5,10-12H2,1-2H3;1H. The van der Waals surface area contributed by atoms with Crippen molar-refractivity contribution in [3.8, 4) is 5.75 Å². The van der Waals surface area contributed by atoms with Gasteiger partial charge < -0.3 is 22.0 Å².